The van der Waals surface area contributed by atoms with E-state index < -0.39 is 11.7 Å². The van der Waals surface area contributed by atoms with Crippen molar-refractivity contribution in [3.05, 3.63) is 28.5 Å². The Morgan fingerprint density at radius 2 is 2.46 bits per heavy atom. The maximum absolute atomic E-state index is 13.3. The molecule has 2 aliphatic heterocycles. The molecule has 0 amide bonds. The van der Waals surface area contributed by atoms with Gasteiger partial charge in [-0.3, -0.25) is 5.43 Å². The third-order valence-electron chi connectivity index (χ3n) is 4.04. The van der Waals surface area contributed by atoms with Gasteiger partial charge >= 0.3 is 12.0 Å². The van der Waals surface area contributed by atoms with Crippen molar-refractivity contribution in [1.29, 1.82) is 0 Å². The van der Waals surface area contributed by atoms with Gasteiger partial charge in [-0.05, 0) is 28.1 Å². The number of ether oxygens (including phenoxy) is 2. The molecule has 24 heavy (non-hydrogen) atoms. The number of amidine groups is 1. The second kappa shape index (κ2) is 6.46. The van der Waals surface area contributed by atoms with Crippen LogP contribution in [0.15, 0.2) is 27.8 Å². The monoisotopic (exact) mass is 401 g/mol. The number of halogens is 2. The number of nitrogens with one attached hydrogen (secondary N) is 1. The van der Waals surface area contributed by atoms with Crippen LogP contribution in [0.2, 0.25) is 0 Å². The van der Waals surface area contributed by atoms with Crippen LogP contribution >= 0.6 is 15.9 Å². The first-order valence-electron chi connectivity index (χ1n) is 7.57. The Bertz CT molecular complexity index is 687. The van der Waals surface area contributed by atoms with Gasteiger partial charge in [0, 0.05) is 25.5 Å². The molecule has 130 valence electrons. The third kappa shape index (κ3) is 3.12. The van der Waals surface area contributed by atoms with E-state index in [9.17, 15) is 14.3 Å². The largest absolute Gasteiger partial charge is 0.487 e. The fourth-order valence-corrected chi connectivity index (χ4v) is 2.95. The topological polar surface area (TPSA) is 83.4 Å². The highest BCUT2D eigenvalue weighted by Gasteiger charge is 2.46. The second-order valence-electron chi connectivity index (χ2n) is 5.64. The molecule has 2 atom stereocenters. The normalized spacial score (nSPS) is 25.9. The van der Waals surface area contributed by atoms with Gasteiger partial charge in [0.05, 0.1) is 11.0 Å². The first-order valence-corrected chi connectivity index (χ1v) is 8.37. The number of hydrogen-bond donors (Lipinski definition) is 2. The average Bonchev–Trinajstić information content (AvgIpc) is 3.18. The van der Waals surface area contributed by atoms with Gasteiger partial charge in [0.15, 0.2) is 0 Å². The van der Waals surface area contributed by atoms with Crippen molar-refractivity contribution in [2.45, 2.75) is 31.6 Å². The lowest BCUT2D eigenvalue weighted by atomic mass is 10.2. The molecule has 9 heteroatoms. The number of carboxylic acid groups (broad SMARTS) is 1. The number of carboxylic acids is 1. The average molecular weight is 402 g/mol. The minimum atomic E-state index is -1.51. The summed E-state index contributed by atoms with van der Waals surface area (Å²) < 4.78 is 25.4. The Morgan fingerprint density at radius 1 is 1.67 bits per heavy atom. The number of hydrogen-bond acceptors (Lipinski definition) is 6. The van der Waals surface area contributed by atoms with Crippen LogP contribution in [0.1, 0.15) is 19.8 Å². The summed E-state index contributed by atoms with van der Waals surface area (Å²) in [6.07, 6.45) is 0.757. The van der Waals surface area contributed by atoms with Crippen LogP contribution in [0, 0.1) is 5.82 Å². The minimum Gasteiger partial charge on any atom is -0.487 e. The summed E-state index contributed by atoms with van der Waals surface area (Å²) in [6, 6.07) is 4.50. The molecule has 1 saturated heterocycles. The van der Waals surface area contributed by atoms with Gasteiger partial charge in [-0.15, -0.1) is 5.10 Å². The molecule has 0 bridgehead atoms. The van der Waals surface area contributed by atoms with E-state index in [2.05, 4.69) is 26.5 Å². The predicted molar refractivity (Wildman–Crippen MR) is 87.0 cm³/mol. The lowest BCUT2D eigenvalue weighted by Gasteiger charge is -2.24. The van der Waals surface area contributed by atoms with Gasteiger partial charge in [-0.2, -0.15) is 0 Å². The number of carbonyl (C=O) groups is 1. The Balaban J connectivity index is 1.62. The van der Waals surface area contributed by atoms with Crippen LogP contribution in [0.5, 0.6) is 5.75 Å². The zero-order valence-corrected chi connectivity index (χ0v) is 14.5. The Hall–Kier alpha value is -2.03. The number of nitrogens with zero attached hydrogens (tertiary/aromatic N) is 2. The molecule has 3 rings (SSSR count). The lowest BCUT2D eigenvalue weighted by molar-refractivity contribution is -0.158. The van der Waals surface area contributed by atoms with Crippen LogP contribution in [0.4, 0.5) is 4.39 Å². The molecule has 0 aromatic heterocycles. The fourth-order valence-electron chi connectivity index (χ4n) is 2.61. The molecular weight excluding hydrogens is 385 g/mol. The highest BCUT2D eigenvalue weighted by molar-refractivity contribution is 9.10. The molecule has 0 spiro atoms. The number of benzene rings is 1. The Kier molecular flexibility index (Phi) is 4.53. The van der Waals surface area contributed by atoms with Crippen molar-refractivity contribution >= 4 is 27.9 Å². The van der Waals surface area contributed by atoms with E-state index in [-0.39, 0.29) is 24.4 Å². The maximum atomic E-state index is 13.3. The standard InChI is InChI=1S/C15H17BrFN3O4/c1-2-15(13(21)22)19-18-14(24-15)20-6-5-10(8-20)23-12-7-9(17)3-4-11(12)16/h3-4,7,10,19H,2,5-6,8H2,1H3,(H,21,22)/t10-,15?/m0/s1. The highest BCUT2D eigenvalue weighted by Crippen LogP contribution is 2.29. The summed E-state index contributed by atoms with van der Waals surface area (Å²) in [5, 5.41) is 13.3. The molecule has 7 nitrogen and oxygen atoms in total. The van der Waals surface area contributed by atoms with E-state index in [0.29, 0.717) is 29.7 Å². The fraction of sp³-hybridized carbons (Fsp3) is 0.467. The molecule has 1 unspecified atom stereocenters. The minimum absolute atomic E-state index is 0.171. The first-order chi connectivity index (χ1) is 11.4. The smallest absolute Gasteiger partial charge is 0.371 e. The SMILES string of the molecule is CCC1(C(=O)O)NN=C(N2CC[C@H](Oc3cc(F)ccc3Br)C2)O1. The van der Waals surface area contributed by atoms with Crippen LogP contribution in [-0.4, -0.2) is 46.9 Å². The van der Waals surface area contributed by atoms with Gasteiger partial charge in [-0.1, -0.05) is 6.92 Å². The summed E-state index contributed by atoms with van der Waals surface area (Å²) in [5.41, 5.74) is 1.04. The summed E-state index contributed by atoms with van der Waals surface area (Å²) in [6.45, 7) is 2.79. The van der Waals surface area contributed by atoms with Crippen molar-refractivity contribution in [2.75, 3.05) is 13.1 Å². The number of aliphatic carboxylic acids is 1. The van der Waals surface area contributed by atoms with Gasteiger partial charge in [0.25, 0.3) is 5.72 Å². The highest BCUT2D eigenvalue weighted by atomic mass is 79.9. The van der Waals surface area contributed by atoms with E-state index in [1.807, 2.05) is 4.90 Å². The number of likely N-dealkylation sites (tertiary alicyclic amines) is 1. The van der Waals surface area contributed by atoms with Crippen molar-refractivity contribution in [1.82, 2.24) is 10.3 Å². The molecule has 1 aromatic rings. The van der Waals surface area contributed by atoms with Gasteiger partial charge < -0.3 is 19.5 Å². The summed E-state index contributed by atoms with van der Waals surface area (Å²) in [7, 11) is 0. The van der Waals surface area contributed by atoms with E-state index in [1.54, 1.807) is 13.0 Å². The Labute approximate surface area is 146 Å². The molecule has 2 N–H and O–H groups in total. The van der Waals surface area contributed by atoms with Gasteiger partial charge in [-0.25, -0.2) is 9.18 Å². The molecule has 0 saturated carbocycles. The molecular formula is C15H17BrFN3O4. The molecule has 2 aliphatic rings. The number of hydrazone groups is 1. The zero-order valence-electron chi connectivity index (χ0n) is 13.0. The molecule has 1 aromatic carbocycles. The molecule has 1 fully saturated rings. The van der Waals surface area contributed by atoms with Crippen LogP contribution in [-0.2, 0) is 9.53 Å². The van der Waals surface area contributed by atoms with Crippen molar-refractivity contribution in [3.63, 3.8) is 0 Å². The first kappa shape index (κ1) is 16.8. The second-order valence-corrected chi connectivity index (χ2v) is 6.50. The van der Waals surface area contributed by atoms with E-state index >= 15 is 0 Å². The van der Waals surface area contributed by atoms with Gasteiger partial charge in [0.2, 0.25) is 0 Å². The molecule has 0 aliphatic carbocycles. The predicted octanol–water partition coefficient (Wildman–Crippen LogP) is 2.12. The molecule has 2 heterocycles. The van der Waals surface area contributed by atoms with Gasteiger partial charge in [0.1, 0.15) is 17.7 Å². The van der Waals surface area contributed by atoms with Crippen LogP contribution < -0.4 is 10.2 Å². The van der Waals surface area contributed by atoms with Crippen LogP contribution in [0.3, 0.4) is 0 Å². The van der Waals surface area contributed by atoms with Crippen molar-refractivity contribution in [2.24, 2.45) is 5.10 Å². The van der Waals surface area contributed by atoms with E-state index in [0.717, 1.165) is 0 Å². The quantitative estimate of drug-likeness (QED) is 0.803. The Morgan fingerprint density at radius 3 is 3.12 bits per heavy atom. The van der Waals surface area contributed by atoms with Crippen LogP contribution in [0.25, 0.3) is 0 Å². The lowest BCUT2D eigenvalue weighted by Crippen LogP contribution is -2.49. The maximum Gasteiger partial charge on any atom is 0.371 e. The number of rotatable bonds is 4. The zero-order chi connectivity index (χ0) is 17.3. The third-order valence-corrected chi connectivity index (χ3v) is 4.70. The summed E-state index contributed by atoms with van der Waals surface area (Å²) >= 11 is 3.33. The summed E-state index contributed by atoms with van der Waals surface area (Å²) in [4.78, 5) is 13.2. The van der Waals surface area contributed by atoms with Crippen molar-refractivity contribution < 1.29 is 23.8 Å². The van der Waals surface area contributed by atoms with E-state index in [1.165, 1.54) is 12.1 Å². The molecule has 0 radical (unpaired) electrons. The van der Waals surface area contributed by atoms with E-state index in [4.69, 9.17) is 9.47 Å². The summed E-state index contributed by atoms with van der Waals surface area (Å²) in [5.74, 6) is -1.05. The van der Waals surface area contributed by atoms with Crippen molar-refractivity contribution in [3.8, 4) is 5.75 Å².